The maximum Gasteiger partial charge on any atom is 0.227 e. The fourth-order valence-corrected chi connectivity index (χ4v) is 2.81. The summed E-state index contributed by atoms with van der Waals surface area (Å²) in [5, 5.41) is 19.6. The van der Waals surface area contributed by atoms with Crippen LogP contribution < -0.4 is 11.5 Å². The van der Waals surface area contributed by atoms with Crippen molar-refractivity contribution in [3.8, 4) is 23.3 Å². The summed E-state index contributed by atoms with van der Waals surface area (Å²) >= 11 is 6.87. The Morgan fingerprint density at radius 1 is 1.22 bits per heavy atom. The molecule has 0 aliphatic heterocycles. The van der Waals surface area contributed by atoms with Crippen LogP contribution >= 0.6 is 23.4 Å². The summed E-state index contributed by atoms with van der Waals surface area (Å²) in [4.78, 5) is 15.0. The van der Waals surface area contributed by atoms with E-state index in [2.05, 4.69) is 4.98 Å². The van der Waals surface area contributed by atoms with Gasteiger partial charge in [0.05, 0.1) is 11.3 Å². The summed E-state index contributed by atoms with van der Waals surface area (Å²) < 4.78 is 0. The summed E-state index contributed by atoms with van der Waals surface area (Å²) in [5.74, 6) is -0.604. The van der Waals surface area contributed by atoms with Crippen molar-refractivity contribution in [3.63, 3.8) is 0 Å². The Labute approximate surface area is 141 Å². The van der Waals surface area contributed by atoms with Gasteiger partial charge < -0.3 is 11.5 Å². The molecule has 2 aromatic rings. The van der Waals surface area contributed by atoms with Crippen LogP contribution in [0.4, 0.5) is 5.82 Å². The van der Waals surface area contributed by atoms with E-state index in [1.807, 2.05) is 12.1 Å². The van der Waals surface area contributed by atoms with Crippen LogP contribution in [0, 0.1) is 22.7 Å². The largest absolute Gasteiger partial charge is 0.383 e. The Hall–Kier alpha value is -2.74. The Bertz CT molecular complexity index is 852. The number of anilines is 1. The number of rotatable bonds is 4. The van der Waals surface area contributed by atoms with E-state index >= 15 is 0 Å². The minimum atomic E-state index is -0.545. The van der Waals surface area contributed by atoms with Crippen LogP contribution in [0.2, 0.25) is 5.02 Å². The van der Waals surface area contributed by atoms with Crippen molar-refractivity contribution in [1.29, 1.82) is 10.5 Å². The molecule has 1 aromatic carbocycles. The van der Waals surface area contributed by atoms with Crippen LogP contribution in [-0.2, 0) is 4.79 Å². The molecule has 0 saturated heterocycles. The SMILES string of the molecule is N#Cc1c(N)nc(SCC(N)=O)c(C#N)c1-c1ccc(Cl)cc1. The zero-order chi connectivity index (χ0) is 17.0. The van der Waals surface area contributed by atoms with E-state index in [-0.39, 0.29) is 27.7 Å². The van der Waals surface area contributed by atoms with Crippen molar-refractivity contribution in [3.05, 3.63) is 40.4 Å². The first-order valence-corrected chi connectivity index (χ1v) is 7.65. The van der Waals surface area contributed by atoms with Crippen molar-refractivity contribution in [1.82, 2.24) is 4.98 Å². The predicted octanol–water partition coefficient (Wildman–Crippen LogP) is 2.30. The number of nitrogens with two attached hydrogens (primary N) is 2. The van der Waals surface area contributed by atoms with Crippen LogP contribution in [-0.4, -0.2) is 16.6 Å². The van der Waals surface area contributed by atoms with E-state index in [0.29, 0.717) is 16.1 Å². The number of nitrogens with zero attached hydrogens (tertiary/aromatic N) is 3. The number of pyridine rings is 1. The number of benzene rings is 1. The summed E-state index contributed by atoms with van der Waals surface area (Å²) in [6, 6.07) is 10.7. The van der Waals surface area contributed by atoms with Crippen LogP contribution in [0.1, 0.15) is 11.1 Å². The monoisotopic (exact) mass is 343 g/mol. The molecule has 1 heterocycles. The number of hydrogen-bond acceptors (Lipinski definition) is 6. The fraction of sp³-hybridized carbons (Fsp3) is 0.0667. The minimum Gasteiger partial charge on any atom is -0.383 e. The zero-order valence-corrected chi connectivity index (χ0v) is 13.3. The predicted molar refractivity (Wildman–Crippen MR) is 88.4 cm³/mol. The van der Waals surface area contributed by atoms with Gasteiger partial charge in [-0.15, -0.1) is 0 Å². The number of carbonyl (C=O) groups is 1. The van der Waals surface area contributed by atoms with Gasteiger partial charge in [-0.25, -0.2) is 4.98 Å². The minimum absolute atomic E-state index is 0.0107. The van der Waals surface area contributed by atoms with Gasteiger partial charge in [-0.2, -0.15) is 10.5 Å². The molecule has 2 rings (SSSR count). The molecule has 0 spiro atoms. The molecule has 1 amide bonds. The first-order valence-electron chi connectivity index (χ1n) is 6.28. The van der Waals surface area contributed by atoms with Gasteiger partial charge in [0, 0.05) is 10.6 Å². The number of carbonyl (C=O) groups excluding carboxylic acids is 1. The molecule has 6 nitrogen and oxygen atoms in total. The van der Waals surface area contributed by atoms with E-state index in [0.717, 1.165) is 11.8 Å². The Kier molecular flexibility index (Phi) is 5.07. The second kappa shape index (κ2) is 7.01. The van der Waals surface area contributed by atoms with Gasteiger partial charge in [0.2, 0.25) is 5.91 Å². The van der Waals surface area contributed by atoms with Crippen LogP contribution in [0.15, 0.2) is 29.3 Å². The molecule has 0 fully saturated rings. The van der Waals surface area contributed by atoms with Gasteiger partial charge in [-0.05, 0) is 17.7 Å². The lowest BCUT2D eigenvalue weighted by molar-refractivity contribution is -0.115. The topological polar surface area (TPSA) is 130 Å². The standard InChI is InChI=1S/C15H10ClN5OS/c16-9-3-1-8(2-4-9)13-10(5-17)14(20)21-15(11(13)6-18)23-7-12(19)22/h1-4H,7H2,(H2,19,22)(H2,20,21). The van der Waals surface area contributed by atoms with Crippen molar-refractivity contribution >= 4 is 35.1 Å². The number of hydrogen-bond donors (Lipinski definition) is 2. The molecular weight excluding hydrogens is 334 g/mol. The van der Waals surface area contributed by atoms with E-state index < -0.39 is 5.91 Å². The fourth-order valence-electron chi connectivity index (χ4n) is 1.95. The summed E-state index contributed by atoms with van der Waals surface area (Å²) in [6.07, 6.45) is 0. The van der Waals surface area contributed by atoms with Gasteiger partial charge in [0.25, 0.3) is 0 Å². The maximum atomic E-state index is 11.0. The molecule has 0 unspecified atom stereocenters. The average Bonchev–Trinajstić information content (AvgIpc) is 2.53. The summed E-state index contributed by atoms with van der Waals surface area (Å²) in [6.45, 7) is 0. The highest BCUT2D eigenvalue weighted by Crippen LogP contribution is 2.35. The lowest BCUT2D eigenvalue weighted by Crippen LogP contribution is -2.13. The number of thioether (sulfide) groups is 1. The highest BCUT2D eigenvalue weighted by molar-refractivity contribution is 8.00. The third-order valence-electron chi connectivity index (χ3n) is 2.90. The second-order valence-electron chi connectivity index (χ2n) is 4.41. The quantitative estimate of drug-likeness (QED) is 0.819. The summed E-state index contributed by atoms with van der Waals surface area (Å²) in [5.41, 5.74) is 12.2. The molecule has 114 valence electrons. The first kappa shape index (κ1) is 16.6. The normalized spacial score (nSPS) is 9.87. The second-order valence-corrected chi connectivity index (χ2v) is 5.81. The molecule has 23 heavy (non-hydrogen) atoms. The van der Waals surface area contributed by atoms with Gasteiger partial charge in [-0.3, -0.25) is 4.79 Å². The zero-order valence-electron chi connectivity index (χ0n) is 11.7. The number of amides is 1. The van der Waals surface area contributed by atoms with Crippen LogP contribution in [0.5, 0.6) is 0 Å². The third-order valence-corrected chi connectivity index (χ3v) is 4.15. The van der Waals surface area contributed by atoms with E-state index in [1.165, 1.54) is 0 Å². The Balaban J connectivity index is 2.71. The maximum absolute atomic E-state index is 11.0. The number of primary amides is 1. The average molecular weight is 344 g/mol. The number of nitrogen functional groups attached to an aromatic ring is 1. The molecule has 0 bridgehead atoms. The van der Waals surface area contributed by atoms with Crippen molar-refractivity contribution < 1.29 is 4.79 Å². The highest BCUT2D eigenvalue weighted by atomic mass is 35.5. The van der Waals surface area contributed by atoms with E-state index in [4.69, 9.17) is 23.1 Å². The molecule has 0 radical (unpaired) electrons. The van der Waals surface area contributed by atoms with Crippen LogP contribution in [0.25, 0.3) is 11.1 Å². The molecule has 0 atom stereocenters. The van der Waals surface area contributed by atoms with Crippen molar-refractivity contribution in [2.75, 3.05) is 11.5 Å². The highest BCUT2D eigenvalue weighted by Gasteiger charge is 2.20. The lowest BCUT2D eigenvalue weighted by Gasteiger charge is -2.12. The molecule has 0 aliphatic carbocycles. The van der Waals surface area contributed by atoms with Gasteiger partial charge in [0.1, 0.15) is 28.5 Å². The van der Waals surface area contributed by atoms with E-state index in [1.54, 1.807) is 24.3 Å². The first-order chi connectivity index (χ1) is 11.0. The van der Waals surface area contributed by atoms with Crippen molar-refractivity contribution in [2.45, 2.75) is 5.03 Å². The van der Waals surface area contributed by atoms with Gasteiger partial charge >= 0.3 is 0 Å². The van der Waals surface area contributed by atoms with E-state index in [9.17, 15) is 15.3 Å². The molecule has 1 aromatic heterocycles. The molecule has 0 aliphatic rings. The van der Waals surface area contributed by atoms with Gasteiger partial charge in [0.15, 0.2) is 0 Å². The lowest BCUT2D eigenvalue weighted by atomic mass is 9.97. The number of nitriles is 2. The Morgan fingerprint density at radius 3 is 2.35 bits per heavy atom. The molecular formula is C15H10ClN5OS. The Morgan fingerprint density at radius 2 is 1.83 bits per heavy atom. The van der Waals surface area contributed by atoms with Gasteiger partial charge in [-0.1, -0.05) is 35.5 Å². The smallest absolute Gasteiger partial charge is 0.227 e. The molecule has 0 saturated carbocycles. The van der Waals surface area contributed by atoms with Crippen LogP contribution in [0.3, 0.4) is 0 Å². The summed E-state index contributed by atoms with van der Waals surface area (Å²) in [7, 11) is 0. The molecule has 8 heteroatoms. The molecule has 4 N–H and O–H groups in total. The number of aromatic nitrogens is 1. The third kappa shape index (κ3) is 3.54. The van der Waals surface area contributed by atoms with Crippen molar-refractivity contribution in [2.24, 2.45) is 5.73 Å². The number of halogens is 1.